The molecule has 0 fully saturated rings. The summed E-state index contributed by atoms with van der Waals surface area (Å²) in [7, 11) is 0. The molecule has 0 radical (unpaired) electrons. The molecule has 1 aromatic heterocycles. The number of hydrogen-bond acceptors (Lipinski definition) is 3. The molecule has 26 heavy (non-hydrogen) atoms. The van der Waals surface area contributed by atoms with Crippen LogP contribution in [0.25, 0.3) is 11.0 Å². The maximum Gasteiger partial charge on any atom is 0.224 e. The number of furan rings is 1. The zero-order valence-electron chi connectivity index (χ0n) is 14.6. The summed E-state index contributed by atoms with van der Waals surface area (Å²) >= 11 is 0. The Morgan fingerprint density at radius 1 is 1.12 bits per heavy atom. The van der Waals surface area contributed by atoms with E-state index in [4.69, 9.17) is 9.15 Å². The number of fused-ring (bicyclic) bond motifs is 3. The molecule has 0 saturated carbocycles. The van der Waals surface area contributed by atoms with Crippen LogP contribution in [0.3, 0.4) is 0 Å². The van der Waals surface area contributed by atoms with Gasteiger partial charge >= 0.3 is 0 Å². The van der Waals surface area contributed by atoms with Gasteiger partial charge < -0.3 is 14.5 Å². The zero-order chi connectivity index (χ0) is 17.5. The molecule has 0 saturated heterocycles. The third-order valence-corrected chi connectivity index (χ3v) is 5.46. The van der Waals surface area contributed by atoms with E-state index in [1.807, 2.05) is 18.2 Å². The molecule has 2 aromatic carbocycles. The summed E-state index contributed by atoms with van der Waals surface area (Å²) in [5.41, 5.74) is 5.79. The Labute approximate surface area is 152 Å². The number of rotatable bonds is 3. The smallest absolute Gasteiger partial charge is 0.224 e. The number of nitrogens with one attached hydrogen (secondary N) is 1. The van der Waals surface area contributed by atoms with Crippen molar-refractivity contribution in [3.63, 3.8) is 0 Å². The van der Waals surface area contributed by atoms with E-state index in [0.29, 0.717) is 13.0 Å². The lowest BCUT2D eigenvalue weighted by atomic mass is 10.0. The third kappa shape index (κ3) is 2.75. The van der Waals surface area contributed by atoms with Crippen LogP contribution in [0.1, 0.15) is 28.7 Å². The number of para-hydroxylation sites is 1. The maximum absolute atomic E-state index is 12.6. The van der Waals surface area contributed by atoms with E-state index in [9.17, 15) is 4.79 Å². The highest BCUT2D eigenvalue weighted by molar-refractivity contribution is 5.88. The van der Waals surface area contributed by atoms with Crippen molar-refractivity contribution in [3.8, 4) is 5.75 Å². The van der Waals surface area contributed by atoms with Crippen molar-refractivity contribution < 1.29 is 13.9 Å². The fraction of sp³-hybridized carbons (Fsp3) is 0.318. The molecule has 1 aliphatic carbocycles. The zero-order valence-corrected chi connectivity index (χ0v) is 14.6. The largest absolute Gasteiger partial charge is 0.491 e. The minimum absolute atomic E-state index is 0.0137. The Morgan fingerprint density at radius 2 is 1.96 bits per heavy atom. The van der Waals surface area contributed by atoms with Gasteiger partial charge in [0.2, 0.25) is 5.91 Å². The first-order valence-corrected chi connectivity index (χ1v) is 9.28. The first kappa shape index (κ1) is 15.5. The molecule has 1 unspecified atom stereocenters. The normalized spacial score (nSPS) is 18.2. The summed E-state index contributed by atoms with van der Waals surface area (Å²) in [5.74, 6) is 0.939. The van der Waals surface area contributed by atoms with E-state index >= 15 is 0 Å². The first-order chi connectivity index (χ1) is 12.8. The molecule has 2 aliphatic rings. The predicted molar refractivity (Wildman–Crippen MR) is 99.5 cm³/mol. The van der Waals surface area contributed by atoms with Crippen molar-refractivity contribution in [2.75, 3.05) is 6.61 Å². The Kier molecular flexibility index (Phi) is 3.70. The summed E-state index contributed by atoms with van der Waals surface area (Å²) in [4.78, 5) is 12.6. The van der Waals surface area contributed by atoms with E-state index < -0.39 is 0 Å². The third-order valence-electron chi connectivity index (χ3n) is 5.46. The predicted octanol–water partition coefficient (Wildman–Crippen LogP) is 3.58. The van der Waals surface area contributed by atoms with Crippen molar-refractivity contribution >= 4 is 16.9 Å². The first-order valence-electron chi connectivity index (χ1n) is 9.28. The molecule has 1 atom stereocenters. The quantitative estimate of drug-likeness (QED) is 0.788. The fourth-order valence-corrected chi connectivity index (χ4v) is 4.16. The number of amides is 1. The number of benzene rings is 2. The van der Waals surface area contributed by atoms with Crippen LogP contribution < -0.4 is 10.1 Å². The van der Waals surface area contributed by atoms with E-state index in [1.54, 1.807) is 6.26 Å². The fourth-order valence-electron chi connectivity index (χ4n) is 4.16. The Balaban J connectivity index is 1.30. The van der Waals surface area contributed by atoms with Crippen molar-refractivity contribution in [1.82, 2.24) is 5.32 Å². The van der Waals surface area contributed by atoms with Crippen LogP contribution in [-0.4, -0.2) is 18.6 Å². The van der Waals surface area contributed by atoms with Crippen LogP contribution in [0.2, 0.25) is 0 Å². The number of ether oxygens (including phenoxy) is 1. The Bertz CT molecular complexity index is 988. The van der Waals surface area contributed by atoms with Crippen molar-refractivity contribution in [1.29, 1.82) is 0 Å². The number of hydrogen-bond donors (Lipinski definition) is 1. The van der Waals surface area contributed by atoms with E-state index in [1.165, 1.54) is 17.5 Å². The van der Waals surface area contributed by atoms with Crippen LogP contribution in [0.5, 0.6) is 5.75 Å². The van der Waals surface area contributed by atoms with Gasteiger partial charge in [-0.15, -0.1) is 0 Å². The number of aryl methyl sites for hydroxylation is 2. The highest BCUT2D eigenvalue weighted by Gasteiger charge is 2.22. The second kappa shape index (κ2) is 6.20. The van der Waals surface area contributed by atoms with Crippen LogP contribution >= 0.6 is 0 Å². The molecule has 4 nitrogen and oxygen atoms in total. The SMILES string of the molecule is O=C(Cc1coc2cc3c(cc12)CCC3)NC1COc2ccccc2C1. The van der Waals surface area contributed by atoms with Gasteiger partial charge in [0, 0.05) is 10.9 Å². The van der Waals surface area contributed by atoms with Crippen LogP contribution in [0, 0.1) is 0 Å². The van der Waals surface area contributed by atoms with Gasteiger partial charge in [0.15, 0.2) is 0 Å². The summed E-state index contributed by atoms with van der Waals surface area (Å²) in [6.07, 6.45) is 6.34. The van der Waals surface area contributed by atoms with Gasteiger partial charge in [-0.2, -0.15) is 0 Å². The molecule has 132 valence electrons. The molecule has 1 aliphatic heterocycles. The lowest BCUT2D eigenvalue weighted by molar-refractivity contribution is -0.121. The molecular weight excluding hydrogens is 326 g/mol. The topological polar surface area (TPSA) is 51.5 Å². The highest BCUT2D eigenvalue weighted by atomic mass is 16.5. The van der Waals surface area contributed by atoms with Crippen LogP contribution in [0.4, 0.5) is 0 Å². The van der Waals surface area contributed by atoms with Gasteiger partial charge in [-0.25, -0.2) is 0 Å². The maximum atomic E-state index is 12.6. The summed E-state index contributed by atoms with van der Waals surface area (Å²) in [5, 5.41) is 4.18. The van der Waals surface area contributed by atoms with Crippen molar-refractivity contribution in [2.45, 2.75) is 38.1 Å². The van der Waals surface area contributed by atoms with Gasteiger partial charge in [0.1, 0.15) is 17.9 Å². The van der Waals surface area contributed by atoms with Crippen molar-refractivity contribution in [2.24, 2.45) is 0 Å². The standard InChI is InChI=1S/C22H21NO3/c24-22(23-18-8-16-4-1-2-7-20(16)26-13-18)11-17-12-25-21-10-15-6-3-5-14(15)9-19(17)21/h1-2,4,7,9-10,12,18H,3,5-6,8,11,13H2,(H,23,24). The molecule has 0 spiro atoms. The van der Waals surface area contributed by atoms with Crippen molar-refractivity contribution in [3.05, 3.63) is 64.9 Å². The molecule has 1 amide bonds. The monoisotopic (exact) mass is 347 g/mol. The average Bonchev–Trinajstić information content (AvgIpc) is 3.26. The summed E-state index contributed by atoms with van der Waals surface area (Å²) < 4.78 is 11.5. The highest BCUT2D eigenvalue weighted by Crippen LogP contribution is 2.30. The molecule has 0 bridgehead atoms. The second-order valence-corrected chi connectivity index (χ2v) is 7.30. The van der Waals surface area contributed by atoms with Crippen LogP contribution in [0.15, 0.2) is 47.1 Å². The summed E-state index contributed by atoms with van der Waals surface area (Å²) in [6.45, 7) is 0.516. The summed E-state index contributed by atoms with van der Waals surface area (Å²) in [6, 6.07) is 12.4. The van der Waals surface area contributed by atoms with Gasteiger partial charge in [0.25, 0.3) is 0 Å². The molecule has 5 rings (SSSR count). The number of carbonyl (C=O) groups is 1. The van der Waals surface area contributed by atoms with Gasteiger partial charge in [-0.05, 0) is 60.6 Å². The van der Waals surface area contributed by atoms with E-state index in [0.717, 1.165) is 47.1 Å². The van der Waals surface area contributed by atoms with E-state index in [-0.39, 0.29) is 11.9 Å². The molecule has 2 heterocycles. The lowest BCUT2D eigenvalue weighted by Gasteiger charge is -2.26. The second-order valence-electron chi connectivity index (χ2n) is 7.30. The van der Waals surface area contributed by atoms with E-state index in [2.05, 4.69) is 23.5 Å². The van der Waals surface area contributed by atoms with Gasteiger partial charge in [-0.1, -0.05) is 18.2 Å². The number of carbonyl (C=O) groups excluding carboxylic acids is 1. The average molecular weight is 347 g/mol. The van der Waals surface area contributed by atoms with Gasteiger partial charge in [0.05, 0.1) is 18.7 Å². The molecule has 3 aromatic rings. The molecule has 4 heteroatoms. The van der Waals surface area contributed by atoms with Crippen LogP contribution in [-0.2, 0) is 30.5 Å². The minimum Gasteiger partial charge on any atom is -0.491 e. The van der Waals surface area contributed by atoms with Gasteiger partial charge in [-0.3, -0.25) is 4.79 Å². The Hall–Kier alpha value is -2.75. The minimum atomic E-state index is 0.0137. The molecule has 1 N–H and O–H groups in total. The molecular formula is C22H21NO3. The lowest BCUT2D eigenvalue weighted by Crippen LogP contribution is -2.43. The Morgan fingerprint density at radius 3 is 2.88 bits per heavy atom.